The Morgan fingerprint density at radius 2 is 2.00 bits per heavy atom. The van der Waals surface area contributed by atoms with E-state index in [1.807, 2.05) is 6.20 Å². The molecule has 0 aliphatic heterocycles. The number of allylic oxidation sites excluding steroid dienone is 5. The molecule has 0 bridgehead atoms. The second-order valence-corrected chi connectivity index (χ2v) is 9.76. The van der Waals surface area contributed by atoms with E-state index in [0.717, 1.165) is 31.6 Å². The van der Waals surface area contributed by atoms with Crippen molar-refractivity contribution in [2.75, 3.05) is 0 Å². The van der Waals surface area contributed by atoms with Crippen LogP contribution in [0.5, 0.6) is 0 Å². The highest BCUT2D eigenvalue weighted by molar-refractivity contribution is 5.79. The first-order chi connectivity index (χ1) is 12.9. The molecule has 5 rings (SSSR count). The molecule has 2 fully saturated rings. The molecule has 27 heavy (non-hydrogen) atoms. The molecule has 2 unspecified atom stereocenters. The van der Waals surface area contributed by atoms with Gasteiger partial charge in [0.15, 0.2) is 0 Å². The normalized spacial score (nSPS) is 40.3. The van der Waals surface area contributed by atoms with E-state index in [1.54, 1.807) is 11.1 Å². The highest BCUT2D eigenvalue weighted by Crippen LogP contribution is 2.64. The van der Waals surface area contributed by atoms with Crippen LogP contribution in [-0.4, -0.2) is 16.2 Å². The summed E-state index contributed by atoms with van der Waals surface area (Å²) in [5, 5.41) is 10.2. The zero-order chi connectivity index (χ0) is 18.8. The van der Waals surface area contributed by atoms with Crippen LogP contribution in [-0.2, 0) is 0 Å². The Balaban J connectivity index is 1.50. The third kappa shape index (κ3) is 2.38. The summed E-state index contributed by atoms with van der Waals surface area (Å²) in [6.45, 7) is 7.15. The van der Waals surface area contributed by atoms with E-state index in [9.17, 15) is 5.11 Å². The number of hydrogen-bond donors (Lipinski definition) is 1. The Kier molecular flexibility index (Phi) is 3.82. The molecule has 2 heteroatoms. The molecule has 1 aromatic heterocycles. The number of aryl methyl sites for hydroxylation is 1. The predicted molar refractivity (Wildman–Crippen MR) is 110 cm³/mol. The van der Waals surface area contributed by atoms with Crippen molar-refractivity contribution in [1.82, 2.24) is 4.98 Å². The number of rotatable bonds is 1. The van der Waals surface area contributed by atoms with Gasteiger partial charge in [-0.1, -0.05) is 43.2 Å². The van der Waals surface area contributed by atoms with Gasteiger partial charge in [-0.3, -0.25) is 4.98 Å². The van der Waals surface area contributed by atoms with Crippen LogP contribution in [0.4, 0.5) is 0 Å². The number of aliphatic hydroxyl groups is 1. The SMILES string of the molecule is Cc1ccncc1C1=CC=C2C3CC=C4C[C@@H](O)CC[C@]4(C)C3CC[C@]12C. The van der Waals surface area contributed by atoms with E-state index in [0.29, 0.717) is 5.92 Å². The van der Waals surface area contributed by atoms with Crippen molar-refractivity contribution < 1.29 is 5.11 Å². The summed E-state index contributed by atoms with van der Waals surface area (Å²) < 4.78 is 0. The summed E-state index contributed by atoms with van der Waals surface area (Å²) in [5.74, 6) is 1.38. The van der Waals surface area contributed by atoms with Gasteiger partial charge in [-0.2, -0.15) is 0 Å². The number of nitrogens with zero attached hydrogens (tertiary/aromatic N) is 1. The lowest BCUT2D eigenvalue weighted by Gasteiger charge is -2.56. The van der Waals surface area contributed by atoms with Crippen molar-refractivity contribution in [1.29, 1.82) is 0 Å². The average molecular weight is 362 g/mol. The minimum Gasteiger partial charge on any atom is -0.393 e. The summed E-state index contributed by atoms with van der Waals surface area (Å²) in [7, 11) is 0. The molecule has 0 spiro atoms. The maximum atomic E-state index is 10.2. The van der Waals surface area contributed by atoms with E-state index in [-0.39, 0.29) is 16.9 Å². The van der Waals surface area contributed by atoms with Crippen molar-refractivity contribution in [2.45, 2.75) is 65.4 Å². The largest absolute Gasteiger partial charge is 0.393 e. The third-order valence-corrected chi connectivity index (χ3v) is 8.45. The van der Waals surface area contributed by atoms with Gasteiger partial charge in [0.2, 0.25) is 0 Å². The Morgan fingerprint density at radius 1 is 1.15 bits per heavy atom. The first kappa shape index (κ1) is 17.4. The molecule has 1 N–H and O–H groups in total. The van der Waals surface area contributed by atoms with Gasteiger partial charge in [0, 0.05) is 17.8 Å². The highest BCUT2D eigenvalue weighted by Gasteiger charge is 2.54. The number of aromatic nitrogens is 1. The highest BCUT2D eigenvalue weighted by atomic mass is 16.3. The minimum atomic E-state index is -0.123. The van der Waals surface area contributed by atoms with Crippen molar-refractivity contribution >= 4 is 5.57 Å². The molecule has 142 valence electrons. The second kappa shape index (κ2) is 5.91. The molecular weight excluding hydrogens is 330 g/mol. The summed E-state index contributed by atoms with van der Waals surface area (Å²) in [5.41, 5.74) is 7.76. The van der Waals surface area contributed by atoms with Crippen LogP contribution >= 0.6 is 0 Å². The van der Waals surface area contributed by atoms with Crippen LogP contribution < -0.4 is 0 Å². The van der Waals surface area contributed by atoms with Crippen molar-refractivity contribution in [2.24, 2.45) is 22.7 Å². The van der Waals surface area contributed by atoms with Crippen LogP contribution in [0.3, 0.4) is 0 Å². The smallest absolute Gasteiger partial charge is 0.0577 e. The molecule has 0 saturated heterocycles. The van der Waals surface area contributed by atoms with Gasteiger partial charge in [0.25, 0.3) is 0 Å². The molecule has 5 atom stereocenters. The van der Waals surface area contributed by atoms with Crippen LogP contribution in [0.2, 0.25) is 0 Å². The first-order valence-corrected chi connectivity index (χ1v) is 10.6. The van der Waals surface area contributed by atoms with E-state index < -0.39 is 0 Å². The van der Waals surface area contributed by atoms with E-state index in [1.165, 1.54) is 29.5 Å². The first-order valence-electron chi connectivity index (χ1n) is 10.6. The lowest BCUT2D eigenvalue weighted by Crippen LogP contribution is -2.47. The van der Waals surface area contributed by atoms with Gasteiger partial charge in [-0.25, -0.2) is 0 Å². The number of hydrogen-bond acceptors (Lipinski definition) is 2. The topological polar surface area (TPSA) is 33.1 Å². The van der Waals surface area contributed by atoms with E-state index in [4.69, 9.17) is 0 Å². The predicted octanol–water partition coefficient (Wildman–Crippen LogP) is 5.63. The van der Waals surface area contributed by atoms with Gasteiger partial charge < -0.3 is 5.11 Å². The Bertz CT molecular complexity index is 878. The summed E-state index contributed by atoms with van der Waals surface area (Å²) in [4.78, 5) is 4.42. The van der Waals surface area contributed by atoms with Gasteiger partial charge in [-0.15, -0.1) is 0 Å². The summed E-state index contributed by atoms with van der Waals surface area (Å²) in [6.07, 6.45) is 17.8. The Hall–Kier alpha value is -1.67. The van der Waals surface area contributed by atoms with Gasteiger partial charge in [-0.05, 0) is 85.5 Å². The number of aliphatic hydroxyl groups excluding tert-OH is 1. The molecular formula is C25H31NO. The zero-order valence-corrected chi connectivity index (χ0v) is 16.8. The van der Waals surface area contributed by atoms with Crippen molar-refractivity contribution in [3.63, 3.8) is 0 Å². The molecule has 0 amide bonds. The Labute approximate surface area is 163 Å². The number of pyridine rings is 1. The Morgan fingerprint density at radius 3 is 2.81 bits per heavy atom. The quantitative estimate of drug-likeness (QED) is 0.658. The van der Waals surface area contributed by atoms with Crippen LogP contribution in [0.1, 0.15) is 63.5 Å². The fourth-order valence-corrected chi connectivity index (χ4v) is 6.78. The standard InChI is InChI=1S/C25H31NO/c1-16-10-13-26-15-20(16)22-7-6-21-19-5-4-17-14-18(27)8-11-24(17,2)23(19)9-12-25(21,22)3/h4,6-7,10,13,15,18-19,23,27H,5,8-9,11-12,14H2,1-3H3/t18-,19?,23?,24-,25-/m0/s1. The van der Waals surface area contributed by atoms with Gasteiger partial charge in [0.1, 0.15) is 0 Å². The summed E-state index contributed by atoms with van der Waals surface area (Å²) >= 11 is 0. The van der Waals surface area contributed by atoms with Crippen LogP contribution in [0, 0.1) is 29.6 Å². The van der Waals surface area contributed by atoms with Crippen LogP contribution in [0.15, 0.2) is 47.8 Å². The lowest BCUT2D eigenvalue weighted by atomic mass is 9.49. The zero-order valence-electron chi connectivity index (χ0n) is 16.8. The fraction of sp³-hybridized carbons (Fsp3) is 0.560. The van der Waals surface area contributed by atoms with Crippen molar-refractivity contribution in [3.8, 4) is 0 Å². The summed E-state index contributed by atoms with van der Waals surface area (Å²) in [6, 6.07) is 2.13. The molecule has 4 aliphatic carbocycles. The molecule has 4 aliphatic rings. The molecule has 0 radical (unpaired) electrons. The molecule has 2 saturated carbocycles. The molecule has 1 aromatic rings. The number of fused-ring (bicyclic) bond motifs is 5. The third-order valence-electron chi connectivity index (χ3n) is 8.45. The monoisotopic (exact) mass is 361 g/mol. The maximum Gasteiger partial charge on any atom is 0.0577 e. The second-order valence-electron chi connectivity index (χ2n) is 9.76. The van der Waals surface area contributed by atoms with Crippen molar-refractivity contribution in [3.05, 3.63) is 59.0 Å². The van der Waals surface area contributed by atoms with Gasteiger partial charge >= 0.3 is 0 Å². The van der Waals surface area contributed by atoms with Gasteiger partial charge in [0.05, 0.1) is 6.10 Å². The molecule has 0 aromatic carbocycles. The van der Waals surface area contributed by atoms with Crippen LogP contribution in [0.25, 0.3) is 5.57 Å². The van der Waals surface area contributed by atoms with E-state index >= 15 is 0 Å². The molecule has 1 heterocycles. The van der Waals surface area contributed by atoms with E-state index in [2.05, 4.69) is 56.2 Å². The lowest BCUT2D eigenvalue weighted by molar-refractivity contribution is 0.0369. The average Bonchev–Trinajstić information content (AvgIpc) is 3.00. The molecule has 2 nitrogen and oxygen atoms in total. The maximum absolute atomic E-state index is 10.2. The fourth-order valence-electron chi connectivity index (χ4n) is 6.78. The minimum absolute atomic E-state index is 0.123.